The van der Waals surface area contributed by atoms with Crippen LogP contribution in [0.4, 0.5) is 0 Å². The summed E-state index contributed by atoms with van der Waals surface area (Å²) in [6.07, 6.45) is -6.15. The van der Waals surface area contributed by atoms with Gasteiger partial charge in [0.2, 0.25) is 0 Å². The van der Waals surface area contributed by atoms with Gasteiger partial charge in [-0.3, -0.25) is 0 Å². The van der Waals surface area contributed by atoms with Crippen LogP contribution in [0.5, 0.6) is 0 Å². The van der Waals surface area contributed by atoms with Crippen molar-refractivity contribution in [2.24, 2.45) is 0 Å². The van der Waals surface area contributed by atoms with E-state index in [0.717, 1.165) is 0 Å². The molecule has 0 aromatic carbocycles. The second-order valence-electron chi connectivity index (χ2n) is 3.26. The van der Waals surface area contributed by atoms with Crippen molar-refractivity contribution in [1.29, 1.82) is 0 Å². The van der Waals surface area contributed by atoms with Crippen molar-refractivity contribution in [3.05, 3.63) is 0 Å². The third kappa shape index (κ3) is 3.01. The van der Waals surface area contributed by atoms with Crippen molar-refractivity contribution in [3.8, 4) is 0 Å². The van der Waals surface area contributed by atoms with Crippen LogP contribution in [0.2, 0.25) is 0 Å². The zero-order chi connectivity index (χ0) is 11.4. The Bertz CT molecular complexity index is 190. The fourth-order valence-corrected chi connectivity index (χ4v) is 1.45. The van der Waals surface area contributed by atoms with Gasteiger partial charge < -0.3 is 29.9 Å². The molecule has 1 rings (SSSR count). The molecule has 6 nitrogen and oxygen atoms in total. The maximum Gasteiger partial charge on any atom is 0.186 e. The van der Waals surface area contributed by atoms with E-state index in [1.165, 1.54) is 0 Å². The number of alkyl halides is 1. The Morgan fingerprint density at radius 1 is 1.13 bits per heavy atom. The molecule has 0 radical (unpaired) electrons. The van der Waals surface area contributed by atoms with Crippen molar-refractivity contribution in [1.82, 2.24) is 0 Å². The van der Waals surface area contributed by atoms with E-state index in [1.54, 1.807) is 0 Å². The molecule has 7 heteroatoms. The van der Waals surface area contributed by atoms with Gasteiger partial charge in [-0.05, 0) is 0 Å². The molecule has 0 spiro atoms. The normalized spacial score (nSPS) is 41.8. The Labute approximate surface area is 92.0 Å². The van der Waals surface area contributed by atoms with Gasteiger partial charge in [0.05, 0.1) is 13.2 Å². The van der Waals surface area contributed by atoms with Crippen molar-refractivity contribution < 1.29 is 29.9 Å². The molecule has 0 bridgehead atoms. The molecule has 1 unspecified atom stereocenters. The van der Waals surface area contributed by atoms with Gasteiger partial charge in [0.15, 0.2) is 6.29 Å². The van der Waals surface area contributed by atoms with Crippen LogP contribution in [0.25, 0.3) is 0 Å². The van der Waals surface area contributed by atoms with Gasteiger partial charge in [-0.25, -0.2) is 0 Å². The first kappa shape index (κ1) is 13.1. The monoisotopic (exact) mass is 242 g/mol. The van der Waals surface area contributed by atoms with Crippen LogP contribution >= 0.6 is 11.6 Å². The minimum absolute atomic E-state index is 0.143. The van der Waals surface area contributed by atoms with Crippen LogP contribution in [0.3, 0.4) is 0 Å². The summed E-state index contributed by atoms with van der Waals surface area (Å²) >= 11 is 5.38. The molecule has 5 atom stereocenters. The Hall–Kier alpha value is 0.0500. The van der Waals surface area contributed by atoms with E-state index in [-0.39, 0.29) is 12.5 Å². The third-order valence-electron chi connectivity index (χ3n) is 2.21. The summed E-state index contributed by atoms with van der Waals surface area (Å²) in [6, 6.07) is 0. The molecule has 90 valence electrons. The summed E-state index contributed by atoms with van der Waals surface area (Å²) < 4.78 is 10.1. The topological polar surface area (TPSA) is 99.4 Å². The van der Waals surface area contributed by atoms with Crippen LogP contribution in [0.15, 0.2) is 0 Å². The summed E-state index contributed by atoms with van der Waals surface area (Å²) in [4.78, 5) is 0. The molecule has 0 aromatic rings. The first-order valence-corrected chi connectivity index (χ1v) is 5.13. The fraction of sp³-hybridized carbons (Fsp3) is 1.00. The summed E-state index contributed by atoms with van der Waals surface area (Å²) in [5.41, 5.74) is 0. The molecule has 0 amide bonds. The van der Waals surface area contributed by atoms with Gasteiger partial charge in [0.25, 0.3) is 0 Å². The molecule has 1 aliphatic heterocycles. The zero-order valence-corrected chi connectivity index (χ0v) is 8.75. The van der Waals surface area contributed by atoms with Crippen molar-refractivity contribution in [2.45, 2.75) is 30.7 Å². The lowest BCUT2D eigenvalue weighted by atomic mass is 9.99. The van der Waals surface area contributed by atoms with Gasteiger partial charge in [-0.15, -0.1) is 11.6 Å². The van der Waals surface area contributed by atoms with Crippen LogP contribution in [-0.4, -0.2) is 70.2 Å². The highest BCUT2D eigenvalue weighted by Gasteiger charge is 2.43. The summed E-state index contributed by atoms with van der Waals surface area (Å²) in [5, 5.41) is 37.1. The van der Waals surface area contributed by atoms with Gasteiger partial charge in [-0.1, -0.05) is 0 Å². The molecule has 1 fully saturated rings. The van der Waals surface area contributed by atoms with Gasteiger partial charge >= 0.3 is 0 Å². The highest BCUT2D eigenvalue weighted by atomic mass is 35.5. The predicted molar refractivity (Wildman–Crippen MR) is 50.4 cm³/mol. The number of halogens is 1. The Kier molecular flexibility index (Phi) is 5.20. The maximum absolute atomic E-state index is 9.46. The number of ether oxygens (including phenoxy) is 2. The first-order chi connectivity index (χ1) is 7.11. The minimum Gasteiger partial charge on any atom is -0.394 e. The average molecular weight is 243 g/mol. The summed E-state index contributed by atoms with van der Waals surface area (Å²) in [5.74, 6) is 0.217. The molecule has 0 aliphatic carbocycles. The molecule has 0 saturated carbocycles. The first-order valence-electron chi connectivity index (χ1n) is 4.60. The van der Waals surface area contributed by atoms with Gasteiger partial charge in [0, 0.05) is 5.88 Å². The Morgan fingerprint density at radius 3 is 2.33 bits per heavy atom. The van der Waals surface area contributed by atoms with Crippen molar-refractivity contribution in [3.63, 3.8) is 0 Å². The molecule has 15 heavy (non-hydrogen) atoms. The largest absolute Gasteiger partial charge is 0.394 e. The average Bonchev–Trinajstić information content (AvgIpc) is 2.25. The van der Waals surface area contributed by atoms with Crippen LogP contribution in [-0.2, 0) is 9.47 Å². The zero-order valence-electron chi connectivity index (χ0n) is 7.99. The molecule has 1 saturated heterocycles. The number of hydrogen-bond acceptors (Lipinski definition) is 6. The number of aliphatic hydroxyl groups is 4. The van der Waals surface area contributed by atoms with Gasteiger partial charge in [0.1, 0.15) is 24.4 Å². The van der Waals surface area contributed by atoms with Crippen molar-refractivity contribution in [2.75, 3.05) is 19.1 Å². The lowest BCUT2D eigenvalue weighted by Gasteiger charge is -2.39. The van der Waals surface area contributed by atoms with E-state index < -0.39 is 37.3 Å². The van der Waals surface area contributed by atoms with E-state index in [0.29, 0.717) is 0 Å². The Morgan fingerprint density at radius 2 is 1.80 bits per heavy atom. The van der Waals surface area contributed by atoms with Crippen molar-refractivity contribution >= 4 is 11.6 Å². The van der Waals surface area contributed by atoms with E-state index in [2.05, 4.69) is 0 Å². The van der Waals surface area contributed by atoms with Crippen LogP contribution < -0.4 is 0 Å². The molecule has 4 N–H and O–H groups in total. The smallest absolute Gasteiger partial charge is 0.186 e. The SMILES string of the molecule is OC[C@H]1OC(OCCCl)[C@H](O)[C@@H](O)[C@H]1O. The maximum atomic E-state index is 9.46. The standard InChI is InChI=1S/C8H15ClO6/c9-1-2-14-8-7(13)6(12)5(11)4(3-10)15-8/h4-8,10-13H,1-3H2/t4-,5+,6+,7-,8?/m1/s1. The quantitative estimate of drug-likeness (QED) is 0.428. The van der Waals surface area contributed by atoms with E-state index in [9.17, 15) is 15.3 Å². The highest BCUT2D eigenvalue weighted by Crippen LogP contribution is 2.21. The van der Waals surface area contributed by atoms with E-state index in [1.807, 2.05) is 0 Å². The van der Waals surface area contributed by atoms with Crippen LogP contribution in [0.1, 0.15) is 0 Å². The molecule has 0 aromatic heterocycles. The van der Waals surface area contributed by atoms with Gasteiger partial charge in [-0.2, -0.15) is 0 Å². The van der Waals surface area contributed by atoms with Crippen LogP contribution in [0, 0.1) is 0 Å². The number of aliphatic hydroxyl groups excluding tert-OH is 4. The Balaban J connectivity index is 2.57. The molecule has 1 aliphatic rings. The second-order valence-corrected chi connectivity index (χ2v) is 3.64. The predicted octanol–water partition coefficient (Wildman–Crippen LogP) is -1.96. The van der Waals surface area contributed by atoms with E-state index in [4.69, 9.17) is 26.2 Å². The number of hydrogen-bond donors (Lipinski definition) is 4. The lowest BCUT2D eigenvalue weighted by molar-refractivity contribution is -0.299. The minimum atomic E-state index is -1.41. The molecular weight excluding hydrogens is 228 g/mol. The second kappa shape index (κ2) is 5.95. The molecular formula is C8H15ClO6. The van der Waals surface area contributed by atoms with E-state index >= 15 is 0 Å². The fourth-order valence-electron chi connectivity index (χ4n) is 1.37. The summed E-state index contributed by atoms with van der Waals surface area (Å²) in [7, 11) is 0. The number of rotatable bonds is 4. The lowest BCUT2D eigenvalue weighted by Crippen LogP contribution is -2.59. The highest BCUT2D eigenvalue weighted by molar-refractivity contribution is 6.17. The third-order valence-corrected chi connectivity index (χ3v) is 2.36. The summed E-state index contributed by atoms with van der Waals surface area (Å²) in [6.45, 7) is -0.323. The molecule has 1 heterocycles.